The first kappa shape index (κ1) is 29.6. The van der Waals surface area contributed by atoms with Crippen LogP contribution in [-0.4, -0.2) is 0 Å². The van der Waals surface area contributed by atoms with Gasteiger partial charge in [0.15, 0.2) is 0 Å². The molecule has 0 aliphatic rings. The normalized spacial score (nSPS) is 9.68. The van der Waals surface area contributed by atoms with E-state index in [4.69, 9.17) is 0 Å². The summed E-state index contributed by atoms with van der Waals surface area (Å²) in [5, 5.41) is 0. The molecule has 0 nitrogen and oxygen atoms in total. The van der Waals surface area contributed by atoms with Gasteiger partial charge >= 0.3 is 21.7 Å². The molecule has 0 aliphatic heterocycles. The second-order valence-electron chi connectivity index (χ2n) is 7.43. The van der Waals surface area contributed by atoms with Crippen molar-refractivity contribution in [2.24, 2.45) is 0 Å². The SMILES string of the molecule is Cc1cc(C)cc(C(c2cc(C)cc(C)c2)[c-]2cc(C)c(C)c2)c1.[Cl-].[Cl-].[Cl-].[Ti+4]. The van der Waals surface area contributed by atoms with E-state index in [-0.39, 0.29) is 58.9 Å². The van der Waals surface area contributed by atoms with Crippen molar-refractivity contribution >= 4 is 0 Å². The van der Waals surface area contributed by atoms with Crippen LogP contribution in [0, 0.1) is 41.5 Å². The van der Waals surface area contributed by atoms with Gasteiger partial charge in [-0.3, -0.25) is 0 Å². The minimum atomic E-state index is 0. The molecule has 0 fully saturated rings. The van der Waals surface area contributed by atoms with E-state index in [1.165, 1.54) is 50.1 Å². The molecule has 0 amide bonds. The monoisotopic (exact) mass is 468 g/mol. The Morgan fingerprint density at radius 3 is 1.11 bits per heavy atom. The minimum Gasteiger partial charge on any atom is -1.00 e. The van der Waals surface area contributed by atoms with Crippen LogP contribution in [0.25, 0.3) is 0 Å². The molecule has 0 radical (unpaired) electrons. The summed E-state index contributed by atoms with van der Waals surface area (Å²) < 4.78 is 0. The fourth-order valence-corrected chi connectivity index (χ4v) is 3.87. The van der Waals surface area contributed by atoms with Gasteiger partial charge < -0.3 is 37.2 Å². The van der Waals surface area contributed by atoms with Crippen LogP contribution in [-0.2, 0) is 21.7 Å². The summed E-state index contributed by atoms with van der Waals surface area (Å²) in [5.41, 5.74) is 12.3. The maximum absolute atomic E-state index is 2.36. The van der Waals surface area contributed by atoms with Crippen molar-refractivity contribution in [3.63, 3.8) is 0 Å². The average Bonchev–Trinajstić information content (AvgIpc) is 2.76. The molecular formula is C24H27Cl3Ti. The number of rotatable bonds is 3. The summed E-state index contributed by atoms with van der Waals surface area (Å²) >= 11 is 0. The third kappa shape index (κ3) is 6.72. The molecule has 0 aromatic heterocycles. The molecule has 0 heterocycles. The first-order valence-corrected chi connectivity index (χ1v) is 8.73. The van der Waals surface area contributed by atoms with E-state index in [0.717, 1.165) is 0 Å². The van der Waals surface area contributed by atoms with Gasteiger partial charge in [-0.1, -0.05) is 72.5 Å². The molecular weight excluding hydrogens is 442 g/mol. The molecule has 3 aromatic rings. The number of benzene rings is 2. The van der Waals surface area contributed by atoms with Crippen LogP contribution in [0.5, 0.6) is 0 Å². The van der Waals surface area contributed by atoms with Gasteiger partial charge in [-0.25, -0.2) is 0 Å². The van der Waals surface area contributed by atoms with E-state index < -0.39 is 0 Å². The van der Waals surface area contributed by atoms with Crippen molar-refractivity contribution in [2.75, 3.05) is 0 Å². The first-order chi connectivity index (χ1) is 11.3. The van der Waals surface area contributed by atoms with Crippen molar-refractivity contribution in [3.8, 4) is 0 Å². The van der Waals surface area contributed by atoms with Crippen LogP contribution < -0.4 is 37.2 Å². The van der Waals surface area contributed by atoms with E-state index in [1.807, 2.05) is 0 Å². The molecule has 0 spiro atoms. The predicted molar refractivity (Wildman–Crippen MR) is 104 cm³/mol. The number of aryl methyl sites for hydroxylation is 6. The van der Waals surface area contributed by atoms with Gasteiger partial charge in [-0.15, -0.1) is 5.56 Å². The zero-order valence-corrected chi connectivity index (χ0v) is 21.2. The topological polar surface area (TPSA) is 0 Å². The maximum Gasteiger partial charge on any atom is 4.00 e. The van der Waals surface area contributed by atoms with Gasteiger partial charge in [0.2, 0.25) is 0 Å². The van der Waals surface area contributed by atoms with E-state index in [2.05, 4.69) is 90.1 Å². The van der Waals surface area contributed by atoms with Gasteiger partial charge in [0.1, 0.15) is 0 Å². The third-order valence-electron chi connectivity index (χ3n) is 4.88. The summed E-state index contributed by atoms with van der Waals surface area (Å²) in [6.07, 6.45) is 0. The first-order valence-electron chi connectivity index (χ1n) is 8.73. The Balaban J connectivity index is 0. The summed E-state index contributed by atoms with van der Waals surface area (Å²) in [5.74, 6) is 0.301. The molecule has 148 valence electrons. The molecule has 0 saturated heterocycles. The Kier molecular flexibility index (Phi) is 12.8. The van der Waals surface area contributed by atoms with Crippen LogP contribution in [0.2, 0.25) is 0 Å². The van der Waals surface area contributed by atoms with Gasteiger partial charge in [0.05, 0.1) is 0 Å². The third-order valence-corrected chi connectivity index (χ3v) is 4.88. The van der Waals surface area contributed by atoms with Crippen molar-refractivity contribution < 1.29 is 58.9 Å². The molecule has 3 rings (SSSR count). The predicted octanol–water partition coefficient (Wildman–Crippen LogP) is -2.55. The van der Waals surface area contributed by atoms with Gasteiger partial charge in [-0.05, 0) is 44.7 Å². The van der Waals surface area contributed by atoms with Crippen LogP contribution in [0.1, 0.15) is 56.0 Å². The smallest absolute Gasteiger partial charge is 1.00 e. The number of hydrogen-bond donors (Lipinski definition) is 0. The Hall–Kier alpha value is -0.626. The molecule has 28 heavy (non-hydrogen) atoms. The summed E-state index contributed by atoms with van der Waals surface area (Å²) in [4.78, 5) is 0. The molecule has 0 atom stereocenters. The van der Waals surface area contributed by atoms with Crippen LogP contribution in [0.4, 0.5) is 0 Å². The molecule has 4 heteroatoms. The van der Waals surface area contributed by atoms with Crippen molar-refractivity contribution in [1.82, 2.24) is 0 Å². The van der Waals surface area contributed by atoms with E-state index >= 15 is 0 Å². The quantitative estimate of drug-likeness (QED) is 0.293. The van der Waals surface area contributed by atoms with E-state index in [0.29, 0.717) is 5.92 Å². The zero-order chi connectivity index (χ0) is 17.4. The number of halogens is 3. The fraction of sp³-hybridized carbons (Fsp3) is 0.292. The number of hydrogen-bond acceptors (Lipinski definition) is 0. The van der Waals surface area contributed by atoms with Crippen LogP contribution in [0.3, 0.4) is 0 Å². The standard InChI is InChI=1S/C24H27.3ClH.Ti/c1-15-7-16(2)10-21(9-15)24(23-13-19(5)20(6)14-23)22-11-17(3)8-18(4)12-22;;;;/h7-14,24H,1-6H3;3*1H;/q-1;;;;+4/p-3. The molecule has 0 N–H and O–H groups in total. The second kappa shape index (κ2) is 12.2. The molecule has 0 aliphatic carbocycles. The van der Waals surface area contributed by atoms with Crippen molar-refractivity contribution in [1.29, 1.82) is 0 Å². The molecule has 0 saturated carbocycles. The molecule has 0 bridgehead atoms. The molecule has 0 unspecified atom stereocenters. The van der Waals surface area contributed by atoms with Crippen molar-refractivity contribution in [3.05, 3.63) is 98.6 Å². The Morgan fingerprint density at radius 1 is 0.536 bits per heavy atom. The van der Waals surface area contributed by atoms with Gasteiger partial charge in [-0.2, -0.15) is 23.3 Å². The van der Waals surface area contributed by atoms with Crippen LogP contribution >= 0.6 is 0 Å². The fourth-order valence-electron chi connectivity index (χ4n) is 3.87. The Morgan fingerprint density at radius 2 is 0.821 bits per heavy atom. The van der Waals surface area contributed by atoms with E-state index in [1.54, 1.807) is 0 Å². The summed E-state index contributed by atoms with van der Waals surface area (Å²) in [6.45, 7) is 13.2. The van der Waals surface area contributed by atoms with Gasteiger partial charge in [0, 0.05) is 0 Å². The van der Waals surface area contributed by atoms with Crippen LogP contribution in [0.15, 0.2) is 48.5 Å². The summed E-state index contributed by atoms with van der Waals surface area (Å²) in [7, 11) is 0. The minimum absolute atomic E-state index is 0. The van der Waals surface area contributed by atoms with E-state index in [9.17, 15) is 0 Å². The average molecular weight is 470 g/mol. The largest absolute Gasteiger partial charge is 4.00 e. The Labute approximate surface area is 204 Å². The van der Waals surface area contributed by atoms with Crippen molar-refractivity contribution in [2.45, 2.75) is 47.5 Å². The summed E-state index contributed by atoms with van der Waals surface area (Å²) in [6, 6.07) is 18.6. The zero-order valence-electron chi connectivity index (χ0n) is 17.3. The Bertz CT molecular complexity index is 785. The maximum atomic E-state index is 2.36. The second-order valence-corrected chi connectivity index (χ2v) is 7.43. The van der Waals surface area contributed by atoms with Gasteiger partial charge in [0.25, 0.3) is 0 Å². The molecule has 3 aromatic carbocycles.